The van der Waals surface area contributed by atoms with Crippen LogP contribution in [0.15, 0.2) is 24.3 Å². The summed E-state index contributed by atoms with van der Waals surface area (Å²) in [4.78, 5) is 33.2. The van der Waals surface area contributed by atoms with Gasteiger partial charge in [-0.05, 0) is 5.56 Å². The van der Waals surface area contributed by atoms with E-state index in [0.717, 1.165) is 0 Å². The number of rotatable bonds is 4. The first-order valence-electron chi connectivity index (χ1n) is 5.09. The lowest BCUT2D eigenvalue weighted by Gasteiger charge is -2.15. The van der Waals surface area contributed by atoms with E-state index in [0.29, 0.717) is 17.4 Å². The van der Waals surface area contributed by atoms with Gasteiger partial charge in [0, 0.05) is 5.56 Å². The van der Waals surface area contributed by atoms with Crippen LogP contribution in [-0.4, -0.2) is 32.6 Å². The summed E-state index contributed by atoms with van der Waals surface area (Å²) in [5.41, 5.74) is 0.971. The van der Waals surface area contributed by atoms with Gasteiger partial charge in [-0.25, -0.2) is 9.59 Å². The molecule has 0 aliphatic rings. The van der Waals surface area contributed by atoms with Crippen LogP contribution in [0.5, 0.6) is 0 Å². The highest BCUT2D eigenvalue weighted by Crippen LogP contribution is 2.15. The summed E-state index contributed by atoms with van der Waals surface area (Å²) in [6.07, 6.45) is -0.0603. The molecule has 18 heavy (non-hydrogen) atoms. The number of benzene rings is 1. The quantitative estimate of drug-likeness (QED) is 0.639. The van der Waals surface area contributed by atoms with Crippen molar-refractivity contribution in [2.75, 3.05) is 14.2 Å². The van der Waals surface area contributed by atoms with Gasteiger partial charge >= 0.3 is 12.1 Å². The molecule has 6 nitrogen and oxygen atoms in total. The van der Waals surface area contributed by atoms with Crippen molar-refractivity contribution in [3.05, 3.63) is 35.4 Å². The Balaban J connectivity index is 2.97. The van der Waals surface area contributed by atoms with E-state index in [1.54, 1.807) is 12.1 Å². The third-order valence-corrected chi connectivity index (χ3v) is 2.29. The van der Waals surface area contributed by atoms with Crippen LogP contribution in [0.4, 0.5) is 4.79 Å². The van der Waals surface area contributed by atoms with Crippen LogP contribution in [-0.2, 0) is 14.3 Å². The van der Waals surface area contributed by atoms with E-state index in [9.17, 15) is 14.4 Å². The average molecular weight is 251 g/mol. The third-order valence-electron chi connectivity index (χ3n) is 2.29. The lowest BCUT2D eigenvalue weighted by atomic mass is 10.1. The molecule has 1 aromatic rings. The Kier molecular flexibility index (Phi) is 4.86. The summed E-state index contributed by atoms with van der Waals surface area (Å²) in [7, 11) is 2.41. The molecule has 0 aliphatic carbocycles. The second kappa shape index (κ2) is 6.39. The predicted molar refractivity (Wildman–Crippen MR) is 62.1 cm³/mol. The van der Waals surface area contributed by atoms with Gasteiger partial charge in [0.1, 0.15) is 6.29 Å². The average Bonchev–Trinajstić information content (AvgIpc) is 2.43. The van der Waals surface area contributed by atoms with E-state index in [4.69, 9.17) is 0 Å². The fourth-order valence-electron chi connectivity index (χ4n) is 1.34. The number of methoxy groups -OCH3 is 2. The van der Waals surface area contributed by atoms with Gasteiger partial charge in [0.15, 0.2) is 6.04 Å². The molecule has 0 heterocycles. The Bertz CT molecular complexity index is 440. The van der Waals surface area contributed by atoms with Crippen molar-refractivity contribution >= 4 is 18.3 Å². The van der Waals surface area contributed by atoms with Gasteiger partial charge in [-0.15, -0.1) is 0 Å². The fourth-order valence-corrected chi connectivity index (χ4v) is 1.34. The molecule has 0 spiro atoms. The Hall–Kier alpha value is -2.37. The van der Waals surface area contributed by atoms with E-state index < -0.39 is 18.1 Å². The molecular weight excluding hydrogens is 238 g/mol. The van der Waals surface area contributed by atoms with Crippen LogP contribution in [0.2, 0.25) is 0 Å². The minimum absolute atomic E-state index is 0.473. The van der Waals surface area contributed by atoms with E-state index in [2.05, 4.69) is 14.8 Å². The van der Waals surface area contributed by atoms with Gasteiger partial charge in [-0.1, -0.05) is 24.3 Å². The molecule has 1 N–H and O–H groups in total. The van der Waals surface area contributed by atoms with Gasteiger partial charge in [0.05, 0.1) is 14.2 Å². The highest BCUT2D eigenvalue weighted by atomic mass is 16.5. The largest absolute Gasteiger partial charge is 0.467 e. The van der Waals surface area contributed by atoms with Gasteiger partial charge in [-0.3, -0.25) is 4.79 Å². The molecule has 96 valence electrons. The van der Waals surface area contributed by atoms with Crippen LogP contribution in [0.25, 0.3) is 0 Å². The number of alkyl carbamates (subject to hydrolysis) is 1. The normalized spacial score (nSPS) is 11.2. The molecule has 1 rings (SSSR count). The molecule has 0 saturated heterocycles. The number of hydrogen-bond acceptors (Lipinski definition) is 5. The summed E-state index contributed by atoms with van der Waals surface area (Å²) >= 11 is 0. The maximum Gasteiger partial charge on any atom is 0.407 e. The van der Waals surface area contributed by atoms with E-state index in [1.807, 2.05) is 0 Å². The molecule has 1 aromatic carbocycles. The first-order valence-corrected chi connectivity index (χ1v) is 5.09. The zero-order valence-electron chi connectivity index (χ0n) is 10.0. The van der Waals surface area contributed by atoms with Gasteiger partial charge < -0.3 is 14.8 Å². The first kappa shape index (κ1) is 13.7. The van der Waals surface area contributed by atoms with Gasteiger partial charge in [0.2, 0.25) is 0 Å². The Morgan fingerprint density at radius 3 is 2.22 bits per heavy atom. The number of amides is 1. The third kappa shape index (κ3) is 3.31. The Morgan fingerprint density at radius 2 is 1.78 bits per heavy atom. The summed E-state index contributed by atoms with van der Waals surface area (Å²) in [5.74, 6) is -0.626. The smallest absolute Gasteiger partial charge is 0.407 e. The van der Waals surface area contributed by atoms with Crippen molar-refractivity contribution in [1.82, 2.24) is 5.32 Å². The molecule has 0 fully saturated rings. The lowest BCUT2D eigenvalue weighted by Crippen LogP contribution is -2.34. The van der Waals surface area contributed by atoms with E-state index in [-0.39, 0.29) is 0 Å². The van der Waals surface area contributed by atoms with E-state index >= 15 is 0 Å². The Morgan fingerprint density at radius 1 is 1.17 bits per heavy atom. The molecule has 1 unspecified atom stereocenters. The number of aldehydes is 1. The predicted octanol–water partition coefficient (Wildman–Crippen LogP) is 1.07. The van der Waals surface area contributed by atoms with Crippen molar-refractivity contribution in [3.8, 4) is 0 Å². The summed E-state index contributed by atoms with van der Waals surface area (Å²) in [5, 5.41) is 2.35. The second-order valence-electron chi connectivity index (χ2n) is 3.38. The van der Waals surface area contributed by atoms with Crippen molar-refractivity contribution in [2.45, 2.75) is 6.04 Å². The minimum atomic E-state index is -0.969. The molecular formula is C12H13NO5. The maximum atomic E-state index is 11.6. The first-order chi connectivity index (χ1) is 8.62. The number of nitrogens with one attached hydrogen (secondary N) is 1. The summed E-state index contributed by atoms with van der Waals surface area (Å²) in [6.45, 7) is 0. The van der Waals surface area contributed by atoms with Crippen LogP contribution >= 0.6 is 0 Å². The molecule has 0 radical (unpaired) electrons. The van der Waals surface area contributed by atoms with Crippen LogP contribution in [0, 0.1) is 0 Å². The van der Waals surface area contributed by atoms with Crippen LogP contribution in [0.1, 0.15) is 22.0 Å². The molecule has 0 aliphatic heterocycles. The summed E-state index contributed by atoms with van der Waals surface area (Å²) in [6, 6.07) is 5.22. The Labute approximate surface area is 104 Å². The zero-order chi connectivity index (χ0) is 13.5. The number of carbonyl (C=O) groups excluding carboxylic acids is 3. The molecule has 1 amide bonds. The number of carbonyl (C=O) groups is 3. The highest BCUT2D eigenvalue weighted by molar-refractivity contribution is 5.83. The van der Waals surface area contributed by atoms with Crippen LogP contribution in [0.3, 0.4) is 0 Å². The molecule has 0 bridgehead atoms. The highest BCUT2D eigenvalue weighted by Gasteiger charge is 2.23. The van der Waals surface area contributed by atoms with Gasteiger partial charge in [0.25, 0.3) is 0 Å². The number of hydrogen-bond donors (Lipinski definition) is 1. The molecule has 6 heteroatoms. The van der Waals surface area contributed by atoms with Crippen molar-refractivity contribution in [1.29, 1.82) is 0 Å². The standard InChI is InChI=1S/C12H13NO5/c1-17-11(15)10(13-12(16)18-2)9-5-3-8(7-14)4-6-9/h3-7,10H,1-2H3,(H,13,16). The SMILES string of the molecule is COC(=O)NC(C(=O)OC)c1ccc(C=O)cc1. The minimum Gasteiger partial charge on any atom is -0.467 e. The van der Waals surface area contributed by atoms with Crippen molar-refractivity contribution in [3.63, 3.8) is 0 Å². The fraction of sp³-hybridized carbons (Fsp3) is 0.250. The number of esters is 1. The summed E-state index contributed by atoms with van der Waals surface area (Å²) < 4.78 is 9.02. The number of ether oxygens (including phenoxy) is 2. The van der Waals surface area contributed by atoms with Crippen LogP contribution < -0.4 is 5.32 Å². The molecule has 0 aromatic heterocycles. The zero-order valence-corrected chi connectivity index (χ0v) is 10.0. The molecule has 0 saturated carbocycles. The van der Waals surface area contributed by atoms with Crippen molar-refractivity contribution < 1.29 is 23.9 Å². The second-order valence-corrected chi connectivity index (χ2v) is 3.38. The van der Waals surface area contributed by atoms with Gasteiger partial charge in [-0.2, -0.15) is 0 Å². The monoisotopic (exact) mass is 251 g/mol. The van der Waals surface area contributed by atoms with E-state index in [1.165, 1.54) is 26.4 Å². The lowest BCUT2D eigenvalue weighted by molar-refractivity contribution is -0.143. The maximum absolute atomic E-state index is 11.6. The topological polar surface area (TPSA) is 81.7 Å². The molecule has 1 atom stereocenters. The van der Waals surface area contributed by atoms with Crippen molar-refractivity contribution in [2.24, 2.45) is 0 Å².